The van der Waals surface area contributed by atoms with Crippen LogP contribution >= 0.6 is 11.3 Å². The quantitative estimate of drug-likeness (QED) is 0.490. The topological polar surface area (TPSA) is 91.4 Å². The van der Waals surface area contributed by atoms with E-state index in [0.717, 1.165) is 32.1 Å². The summed E-state index contributed by atoms with van der Waals surface area (Å²) in [4.78, 5) is 45.5. The summed E-state index contributed by atoms with van der Waals surface area (Å²) in [5, 5.41) is 7.52. The van der Waals surface area contributed by atoms with E-state index in [9.17, 15) is 18.8 Å². The van der Waals surface area contributed by atoms with Crippen LogP contribution in [0, 0.1) is 5.82 Å². The summed E-state index contributed by atoms with van der Waals surface area (Å²) < 4.78 is 13.7. The van der Waals surface area contributed by atoms with Gasteiger partial charge in [0.25, 0.3) is 5.91 Å². The van der Waals surface area contributed by atoms with Gasteiger partial charge in [-0.1, -0.05) is 25.3 Å². The second kappa shape index (κ2) is 11.7. The Labute approximate surface area is 207 Å². The van der Waals surface area contributed by atoms with Crippen molar-refractivity contribution < 1.29 is 18.8 Å². The number of hydrogen-bond acceptors (Lipinski definition) is 5. The Balaban J connectivity index is 1.65. The van der Waals surface area contributed by atoms with Crippen molar-refractivity contribution >= 4 is 34.7 Å². The van der Waals surface area contributed by atoms with Crippen LogP contribution in [0.3, 0.4) is 0 Å². The van der Waals surface area contributed by atoms with Crippen LogP contribution in [0.25, 0.3) is 0 Å². The number of halogens is 1. The van der Waals surface area contributed by atoms with E-state index in [1.807, 2.05) is 0 Å². The Morgan fingerprint density at radius 1 is 1.03 bits per heavy atom. The van der Waals surface area contributed by atoms with E-state index >= 15 is 0 Å². The van der Waals surface area contributed by atoms with Gasteiger partial charge in [-0.05, 0) is 66.2 Å². The lowest BCUT2D eigenvalue weighted by molar-refractivity contribution is -0.127. The lowest BCUT2D eigenvalue weighted by Gasteiger charge is -2.33. The lowest BCUT2D eigenvalue weighted by Crippen LogP contribution is -2.49. The van der Waals surface area contributed by atoms with Crippen LogP contribution in [0.5, 0.6) is 0 Å². The molecule has 2 aromatic heterocycles. The first-order valence-electron chi connectivity index (χ1n) is 11.6. The maximum absolute atomic E-state index is 13.7. The number of hydrogen-bond donors (Lipinski definition) is 2. The Kier molecular flexibility index (Phi) is 8.20. The van der Waals surface area contributed by atoms with Crippen molar-refractivity contribution in [3.63, 3.8) is 0 Å². The zero-order valence-corrected chi connectivity index (χ0v) is 20.0. The standard InChI is InChI=1S/C26H27FN4O3S/c27-19-8-10-21(11-9-19)31(23(32)17-29-25(33)22-7-4-16-35-22)24(18-12-14-28-15-13-18)26(34)30-20-5-2-1-3-6-20/h4,7-16,20,24H,1-3,5-6,17H2,(H,29,33)(H,30,34). The monoisotopic (exact) mass is 494 g/mol. The summed E-state index contributed by atoms with van der Waals surface area (Å²) in [6.07, 6.45) is 8.11. The molecule has 4 rings (SSSR count). The van der Waals surface area contributed by atoms with Gasteiger partial charge < -0.3 is 10.6 Å². The fourth-order valence-electron chi connectivity index (χ4n) is 4.27. The molecule has 1 aromatic carbocycles. The predicted molar refractivity (Wildman–Crippen MR) is 133 cm³/mol. The third kappa shape index (κ3) is 6.30. The van der Waals surface area contributed by atoms with E-state index in [1.165, 1.54) is 40.5 Å². The van der Waals surface area contributed by atoms with E-state index in [0.29, 0.717) is 16.1 Å². The van der Waals surface area contributed by atoms with Gasteiger partial charge in [0, 0.05) is 24.1 Å². The number of carbonyl (C=O) groups excluding carboxylic acids is 3. The van der Waals surface area contributed by atoms with Crippen LogP contribution < -0.4 is 15.5 Å². The second-order valence-corrected chi connectivity index (χ2v) is 9.37. The maximum Gasteiger partial charge on any atom is 0.261 e. The highest BCUT2D eigenvalue weighted by atomic mass is 32.1. The van der Waals surface area contributed by atoms with Gasteiger partial charge in [-0.2, -0.15) is 0 Å². The minimum Gasteiger partial charge on any atom is -0.351 e. The van der Waals surface area contributed by atoms with E-state index in [-0.39, 0.29) is 24.4 Å². The zero-order chi connectivity index (χ0) is 24.6. The number of amides is 3. The minimum absolute atomic E-state index is 0.0317. The lowest BCUT2D eigenvalue weighted by atomic mass is 9.94. The normalized spacial score (nSPS) is 14.7. The Bertz CT molecular complexity index is 1130. The third-order valence-electron chi connectivity index (χ3n) is 6.00. The molecule has 7 nitrogen and oxygen atoms in total. The molecule has 2 N–H and O–H groups in total. The van der Waals surface area contributed by atoms with Crippen LogP contribution in [0.1, 0.15) is 53.4 Å². The number of nitrogens with one attached hydrogen (secondary N) is 2. The summed E-state index contributed by atoms with van der Waals surface area (Å²) >= 11 is 1.27. The molecule has 1 atom stereocenters. The summed E-state index contributed by atoms with van der Waals surface area (Å²) in [6.45, 7) is -0.327. The van der Waals surface area contributed by atoms with Gasteiger partial charge in [0.1, 0.15) is 11.9 Å². The second-order valence-electron chi connectivity index (χ2n) is 8.43. The van der Waals surface area contributed by atoms with Crippen LogP contribution in [0.2, 0.25) is 0 Å². The molecule has 0 radical (unpaired) electrons. The molecule has 2 heterocycles. The molecule has 182 valence electrons. The van der Waals surface area contributed by atoms with Gasteiger partial charge in [0.05, 0.1) is 11.4 Å². The van der Waals surface area contributed by atoms with Gasteiger partial charge in [0.2, 0.25) is 11.8 Å². The van der Waals surface area contributed by atoms with Crippen molar-refractivity contribution in [3.8, 4) is 0 Å². The first-order valence-corrected chi connectivity index (χ1v) is 12.5. The van der Waals surface area contributed by atoms with E-state index in [1.54, 1.807) is 42.0 Å². The molecule has 9 heteroatoms. The number of rotatable bonds is 8. The summed E-state index contributed by atoms with van der Waals surface area (Å²) in [5.74, 6) is -1.66. The van der Waals surface area contributed by atoms with E-state index in [2.05, 4.69) is 15.6 Å². The maximum atomic E-state index is 13.7. The summed E-state index contributed by atoms with van der Waals surface area (Å²) in [5.41, 5.74) is 0.915. The number of anilines is 1. The average Bonchev–Trinajstić information content (AvgIpc) is 3.43. The van der Waals surface area contributed by atoms with Gasteiger partial charge in [0.15, 0.2) is 0 Å². The molecule has 0 spiro atoms. The molecule has 1 saturated carbocycles. The van der Waals surface area contributed by atoms with Crippen LogP contribution in [-0.4, -0.2) is 35.3 Å². The summed E-state index contributed by atoms with van der Waals surface area (Å²) in [6, 6.07) is 11.2. The molecule has 3 aromatic rings. The van der Waals surface area contributed by atoms with Crippen LogP contribution in [0.4, 0.5) is 10.1 Å². The molecular formula is C26H27FN4O3S. The highest BCUT2D eigenvalue weighted by Crippen LogP contribution is 2.29. The molecule has 0 saturated heterocycles. The SMILES string of the molecule is O=C(NCC(=O)N(c1ccc(F)cc1)C(C(=O)NC1CCCCC1)c1ccncc1)c1cccs1. The van der Waals surface area contributed by atoms with Crippen molar-refractivity contribution in [2.45, 2.75) is 44.2 Å². The average molecular weight is 495 g/mol. The number of aromatic nitrogens is 1. The number of benzene rings is 1. The zero-order valence-electron chi connectivity index (χ0n) is 19.2. The van der Waals surface area contributed by atoms with Gasteiger partial charge in [-0.3, -0.25) is 24.3 Å². The fourth-order valence-corrected chi connectivity index (χ4v) is 4.91. The van der Waals surface area contributed by atoms with Gasteiger partial charge >= 0.3 is 0 Å². The minimum atomic E-state index is -1.02. The van der Waals surface area contributed by atoms with Crippen molar-refractivity contribution in [1.82, 2.24) is 15.6 Å². The van der Waals surface area contributed by atoms with Gasteiger partial charge in [-0.15, -0.1) is 11.3 Å². The molecule has 1 aliphatic carbocycles. The third-order valence-corrected chi connectivity index (χ3v) is 6.87. The van der Waals surface area contributed by atoms with Crippen LogP contribution in [-0.2, 0) is 9.59 Å². The predicted octanol–water partition coefficient (Wildman–Crippen LogP) is 4.24. The number of carbonyl (C=O) groups is 3. The van der Waals surface area contributed by atoms with Crippen LogP contribution in [0.15, 0.2) is 66.3 Å². The molecule has 1 fully saturated rings. The smallest absolute Gasteiger partial charge is 0.261 e. The highest BCUT2D eigenvalue weighted by Gasteiger charge is 2.34. The first kappa shape index (κ1) is 24.5. The van der Waals surface area contributed by atoms with E-state index < -0.39 is 17.8 Å². The van der Waals surface area contributed by atoms with Crippen molar-refractivity contribution in [1.29, 1.82) is 0 Å². The number of pyridine rings is 1. The molecule has 35 heavy (non-hydrogen) atoms. The molecule has 0 aliphatic heterocycles. The highest BCUT2D eigenvalue weighted by molar-refractivity contribution is 7.12. The Morgan fingerprint density at radius 3 is 2.40 bits per heavy atom. The molecular weight excluding hydrogens is 467 g/mol. The molecule has 3 amide bonds. The number of nitrogens with zero attached hydrogens (tertiary/aromatic N) is 2. The molecule has 1 aliphatic rings. The molecule has 0 bridgehead atoms. The summed E-state index contributed by atoms with van der Waals surface area (Å²) in [7, 11) is 0. The Hall–Kier alpha value is -3.59. The first-order chi connectivity index (χ1) is 17.0. The van der Waals surface area contributed by atoms with Gasteiger partial charge in [-0.25, -0.2) is 4.39 Å². The van der Waals surface area contributed by atoms with Crippen molar-refractivity contribution in [2.24, 2.45) is 0 Å². The molecule has 1 unspecified atom stereocenters. The van der Waals surface area contributed by atoms with Crippen molar-refractivity contribution in [2.75, 3.05) is 11.4 Å². The van der Waals surface area contributed by atoms with E-state index in [4.69, 9.17) is 0 Å². The van der Waals surface area contributed by atoms with Crippen molar-refractivity contribution in [3.05, 3.63) is 82.6 Å². The largest absolute Gasteiger partial charge is 0.351 e. The fraction of sp³-hybridized carbons (Fsp3) is 0.308. The number of thiophene rings is 1. The Morgan fingerprint density at radius 2 is 1.74 bits per heavy atom.